The standard InChI is InChI=1S/C19H18F2N4O3/c20-19(21)28-14-8-6-12(7-9-14)11-23-18(27)15-10-16(17(22)26)25(24-15)13-4-2-1-3-5-13/h1-9,16,19H,10-11H2,(H2,22,26)(H,23,27). The number of nitrogens with two attached hydrogens (primary N) is 1. The van der Waals surface area contributed by atoms with Crippen LogP contribution in [0.5, 0.6) is 5.75 Å². The number of hydrogen-bond donors (Lipinski definition) is 2. The van der Waals surface area contributed by atoms with Gasteiger partial charge in [-0.05, 0) is 29.8 Å². The number of amides is 2. The van der Waals surface area contributed by atoms with Crippen LogP contribution in [0.15, 0.2) is 59.7 Å². The van der Waals surface area contributed by atoms with Gasteiger partial charge in [-0.15, -0.1) is 0 Å². The second kappa shape index (κ2) is 8.47. The highest BCUT2D eigenvalue weighted by Crippen LogP contribution is 2.24. The molecule has 0 saturated heterocycles. The number of carbonyl (C=O) groups excluding carboxylic acids is 2. The van der Waals surface area contributed by atoms with Gasteiger partial charge in [-0.25, -0.2) is 0 Å². The zero-order valence-corrected chi connectivity index (χ0v) is 14.7. The van der Waals surface area contributed by atoms with Crippen LogP contribution in [0.2, 0.25) is 0 Å². The van der Waals surface area contributed by atoms with Gasteiger partial charge in [0.1, 0.15) is 17.5 Å². The van der Waals surface area contributed by atoms with E-state index in [-0.39, 0.29) is 24.4 Å². The first-order chi connectivity index (χ1) is 13.4. The van der Waals surface area contributed by atoms with Crippen molar-refractivity contribution >= 4 is 23.2 Å². The highest BCUT2D eigenvalue weighted by atomic mass is 19.3. The number of carbonyl (C=O) groups is 2. The Labute approximate surface area is 159 Å². The minimum Gasteiger partial charge on any atom is -0.435 e. The Bertz CT molecular complexity index is 873. The quantitative estimate of drug-likeness (QED) is 0.758. The van der Waals surface area contributed by atoms with E-state index in [2.05, 4.69) is 15.2 Å². The average Bonchev–Trinajstić information content (AvgIpc) is 3.13. The monoisotopic (exact) mass is 388 g/mol. The van der Waals surface area contributed by atoms with E-state index < -0.39 is 24.5 Å². The molecule has 2 amide bonds. The summed E-state index contributed by atoms with van der Waals surface area (Å²) in [5.74, 6) is -0.976. The van der Waals surface area contributed by atoms with E-state index in [4.69, 9.17) is 5.73 Å². The summed E-state index contributed by atoms with van der Waals surface area (Å²) in [6.07, 6.45) is 0.0945. The minimum absolute atomic E-state index is 0.0352. The van der Waals surface area contributed by atoms with Crippen molar-refractivity contribution in [3.63, 3.8) is 0 Å². The molecule has 1 atom stereocenters. The third-order valence-corrected chi connectivity index (χ3v) is 4.12. The molecule has 3 rings (SSSR count). The fourth-order valence-corrected chi connectivity index (χ4v) is 2.76. The second-order valence-electron chi connectivity index (χ2n) is 6.05. The summed E-state index contributed by atoms with van der Waals surface area (Å²) < 4.78 is 28.6. The fraction of sp³-hybridized carbons (Fsp3) is 0.211. The molecule has 0 radical (unpaired) electrons. The number of ether oxygens (including phenoxy) is 1. The normalized spacial score (nSPS) is 16.0. The fourth-order valence-electron chi connectivity index (χ4n) is 2.76. The topological polar surface area (TPSA) is 97.0 Å². The number of benzene rings is 2. The number of alkyl halides is 2. The molecule has 0 saturated carbocycles. The lowest BCUT2D eigenvalue weighted by Gasteiger charge is -2.20. The van der Waals surface area contributed by atoms with E-state index >= 15 is 0 Å². The highest BCUT2D eigenvalue weighted by molar-refractivity contribution is 6.40. The molecule has 28 heavy (non-hydrogen) atoms. The lowest BCUT2D eigenvalue weighted by Crippen LogP contribution is -2.39. The van der Waals surface area contributed by atoms with Gasteiger partial charge in [-0.1, -0.05) is 30.3 Å². The van der Waals surface area contributed by atoms with Crippen LogP contribution < -0.4 is 20.8 Å². The predicted octanol–water partition coefficient (Wildman–Crippen LogP) is 2.02. The second-order valence-corrected chi connectivity index (χ2v) is 6.05. The third kappa shape index (κ3) is 4.61. The van der Waals surface area contributed by atoms with Crippen molar-refractivity contribution in [2.24, 2.45) is 10.8 Å². The summed E-state index contributed by atoms with van der Waals surface area (Å²) in [5.41, 5.74) is 6.99. The number of rotatable bonds is 7. The Hall–Kier alpha value is -3.49. The lowest BCUT2D eigenvalue weighted by atomic mass is 10.1. The van der Waals surface area contributed by atoms with Crippen molar-refractivity contribution < 1.29 is 23.1 Å². The lowest BCUT2D eigenvalue weighted by molar-refractivity contribution is -0.119. The number of nitrogens with zero attached hydrogens (tertiary/aromatic N) is 2. The summed E-state index contributed by atoms with van der Waals surface area (Å²) in [7, 11) is 0. The smallest absolute Gasteiger partial charge is 0.387 e. The molecule has 1 unspecified atom stereocenters. The highest BCUT2D eigenvalue weighted by Gasteiger charge is 2.34. The van der Waals surface area contributed by atoms with Crippen molar-refractivity contribution in [3.05, 3.63) is 60.2 Å². The largest absolute Gasteiger partial charge is 0.435 e. The van der Waals surface area contributed by atoms with Crippen LogP contribution >= 0.6 is 0 Å². The van der Waals surface area contributed by atoms with Crippen molar-refractivity contribution in [3.8, 4) is 5.75 Å². The Morgan fingerprint density at radius 1 is 1.18 bits per heavy atom. The number of anilines is 1. The van der Waals surface area contributed by atoms with Crippen LogP contribution in [-0.4, -0.2) is 30.2 Å². The number of hydrogen-bond acceptors (Lipinski definition) is 5. The number of halogens is 2. The van der Waals surface area contributed by atoms with Crippen LogP contribution in [0, 0.1) is 0 Å². The Morgan fingerprint density at radius 2 is 1.86 bits per heavy atom. The first kappa shape index (κ1) is 19.3. The van der Waals surface area contributed by atoms with Crippen LogP contribution in [-0.2, 0) is 16.1 Å². The van der Waals surface area contributed by atoms with Gasteiger partial charge >= 0.3 is 6.61 Å². The molecule has 7 nitrogen and oxygen atoms in total. The summed E-state index contributed by atoms with van der Waals surface area (Å²) in [6, 6.07) is 14.1. The van der Waals surface area contributed by atoms with Gasteiger partial charge in [-0.2, -0.15) is 13.9 Å². The van der Waals surface area contributed by atoms with Crippen molar-refractivity contribution in [2.45, 2.75) is 25.6 Å². The van der Waals surface area contributed by atoms with Crippen molar-refractivity contribution in [1.82, 2.24) is 5.32 Å². The van der Waals surface area contributed by atoms with E-state index in [9.17, 15) is 18.4 Å². The van der Waals surface area contributed by atoms with Gasteiger partial charge in [0.05, 0.1) is 5.69 Å². The molecule has 0 aliphatic carbocycles. The zero-order chi connectivity index (χ0) is 20.1. The molecule has 9 heteroatoms. The molecule has 3 N–H and O–H groups in total. The minimum atomic E-state index is -2.89. The average molecular weight is 388 g/mol. The van der Waals surface area contributed by atoms with Crippen LogP contribution in [0.4, 0.5) is 14.5 Å². The van der Waals surface area contributed by atoms with E-state index in [0.717, 1.165) is 0 Å². The van der Waals surface area contributed by atoms with Gasteiger partial charge in [0.15, 0.2) is 0 Å². The number of para-hydroxylation sites is 1. The van der Waals surface area contributed by atoms with E-state index in [1.807, 2.05) is 6.07 Å². The van der Waals surface area contributed by atoms with Crippen LogP contribution in [0.1, 0.15) is 12.0 Å². The van der Waals surface area contributed by atoms with E-state index in [1.165, 1.54) is 17.1 Å². The molecule has 0 fully saturated rings. The number of nitrogens with one attached hydrogen (secondary N) is 1. The van der Waals surface area contributed by atoms with Gasteiger partial charge < -0.3 is 15.8 Å². The summed E-state index contributed by atoms with van der Waals surface area (Å²) in [6.45, 7) is -2.73. The molecule has 0 bridgehead atoms. The van der Waals surface area contributed by atoms with Gasteiger partial charge in [0.2, 0.25) is 5.91 Å². The molecule has 2 aromatic carbocycles. The van der Waals surface area contributed by atoms with Crippen LogP contribution in [0.3, 0.4) is 0 Å². The molecule has 2 aromatic rings. The summed E-state index contributed by atoms with van der Waals surface area (Å²) >= 11 is 0. The first-order valence-corrected chi connectivity index (χ1v) is 8.47. The maximum atomic E-state index is 12.4. The van der Waals surface area contributed by atoms with E-state index in [1.54, 1.807) is 36.4 Å². The number of primary amides is 1. The van der Waals surface area contributed by atoms with Crippen molar-refractivity contribution in [1.29, 1.82) is 0 Å². The molecule has 0 spiro atoms. The molecule has 1 aliphatic heterocycles. The van der Waals surface area contributed by atoms with Gasteiger partial charge in [-0.3, -0.25) is 14.6 Å². The predicted molar refractivity (Wildman–Crippen MR) is 98.9 cm³/mol. The first-order valence-electron chi connectivity index (χ1n) is 8.47. The Balaban J connectivity index is 1.64. The number of hydrazone groups is 1. The molecule has 1 aliphatic rings. The van der Waals surface area contributed by atoms with Crippen LogP contribution in [0.25, 0.3) is 0 Å². The Morgan fingerprint density at radius 3 is 2.46 bits per heavy atom. The van der Waals surface area contributed by atoms with E-state index in [0.29, 0.717) is 11.3 Å². The summed E-state index contributed by atoms with van der Waals surface area (Å²) in [4.78, 5) is 24.2. The maximum Gasteiger partial charge on any atom is 0.387 e. The molecule has 1 heterocycles. The van der Waals surface area contributed by atoms with Crippen molar-refractivity contribution in [2.75, 3.05) is 5.01 Å². The molecular weight excluding hydrogens is 370 g/mol. The third-order valence-electron chi connectivity index (χ3n) is 4.12. The Kier molecular flexibility index (Phi) is 5.83. The van der Waals surface area contributed by atoms with Gasteiger partial charge in [0, 0.05) is 13.0 Å². The molecular formula is C19H18F2N4O3. The summed E-state index contributed by atoms with van der Waals surface area (Å²) in [5, 5.41) is 8.39. The molecule has 146 valence electrons. The SMILES string of the molecule is NC(=O)C1CC(C(=O)NCc2ccc(OC(F)F)cc2)=NN1c1ccccc1. The van der Waals surface area contributed by atoms with Gasteiger partial charge in [0.25, 0.3) is 5.91 Å². The zero-order valence-electron chi connectivity index (χ0n) is 14.7. The molecule has 0 aromatic heterocycles. The maximum absolute atomic E-state index is 12.4.